The first-order chi connectivity index (χ1) is 6.06. The van der Waals surface area contributed by atoms with Gasteiger partial charge in [0.15, 0.2) is 0 Å². The highest BCUT2D eigenvalue weighted by Gasteiger charge is 2.47. The van der Waals surface area contributed by atoms with Gasteiger partial charge in [0.2, 0.25) is 0 Å². The third kappa shape index (κ3) is 2.19. The molecule has 1 atom stereocenters. The maximum absolute atomic E-state index is 5.79. The minimum atomic E-state index is -0.182. The van der Waals surface area contributed by atoms with Gasteiger partial charge in [-0.2, -0.15) is 0 Å². The first-order valence-electron chi connectivity index (χ1n) is 5.07. The summed E-state index contributed by atoms with van der Waals surface area (Å²) in [5, 5.41) is 3.72. The summed E-state index contributed by atoms with van der Waals surface area (Å²) in [6.45, 7) is 13.0. The molecule has 0 saturated carbocycles. The number of rotatable bonds is 0. The second-order valence-electron chi connectivity index (χ2n) is 6.06. The largest absolute Gasteiger partial charge is 0.464 e. The highest BCUT2D eigenvalue weighted by Crippen LogP contribution is 2.41. The van der Waals surface area contributed by atoms with Gasteiger partial charge in [-0.3, -0.25) is 0 Å². The molecule has 1 aliphatic rings. The fraction of sp³-hybridized carbons (Fsp3) is 0.909. The van der Waals surface area contributed by atoms with Crippen molar-refractivity contribution in [1.29, 1.82) is 0 Å². The standard InChI is InChI=1S/C11H21NOS/c1-9(2,3)11(6)7-10(4,5)12-8(14)13-11/h7H2,1-6H3,(H,12,14). The summed E-state index contributed by atoms with van der Waals surface area (Å²) >= 11 is 5.14. The molecule has 3 heteroatoms. The molecule has 0 spiro atoms. The fourth-order valence-corrected chi connectivity index (χ4v) is 2.31. The highest BCUT2D eigenvalue weighted by atomic mass is 32.1. The van der Waals surface area contributed by atoms with Crippen LogP contribution >= 0.6 is 12.2 Å². The van der Waals surface area contributed by atoms with E-state index in [9.17, 15) is 0 Å². The van der Waals surface area contributed by atoms with Crippen LogP contribution in [0, 0.1) is 5.41 Å². The first-order valence-corrected chi connectivity index (χ1v) is 5.48. The molecule has 0 radical (unpaired) electrons. The average Bonchev–Trinajstić information content (AvgIpc) is 1.76. The lowest BCUT2D eigenvalue weighted by Gasteiger charge is -2.50. The van der Waals surface area contributed by atoms with Gasteiger partial charge in [-0.25, -0.2) is 0 Å². The third-order valence-electron chi connectivity index (χ3n) is 3.12. The number of thiocarbonyl (C=S) groups is 1. The first kappa shape index (κ1) is 11.8. The molecule has 0 amide bonds. The molecule has 1 fully saturated rings. The van der Waals surface area contributed by atoms with E-state index in [1.54, 1.807) is 0 Å². The van der Waals surface area contributed by atoms with Crippen molar-refractivity contribution >= 4 is 17.4 Å². The Morgan fingerprint density at radius 1 is 1.29 bits per heavy atom. The van der Waals surface area contributed by atoms with Gasteiger partial charge in [0, 0.05) is 17.4 Å². The lowest BCUT2D eigenvalue weighted by molar-refractivity contribution is -0.0702. The van der Waals surface area contributed by atoms with Crippen molar-refractivity contribution < 1.29 is 4.74 Å². The van der Waals surface area contributed by atoms with Crippen LogP contribution in [0.3, 0.4) is 0 Å². The van der Waals surface area contributed by atoms with Crippen molar-refractivity contribution in [2.75, 3.05) is 0 Å². The Labute approximate surface area is 92.4 Å². The summed E-state index contributed by atoms with van der Waals surface area (Å²) in [5.41, 5.74) is -0.0629. The topological polar surface area (TPSA) is 21.3 Å². The highest BCUT2D eigenvalue weighted by molar-refractivity contribution is 7.80. The Morgan fingerprint density at radius 2 is 1.79 bits per heavy atom. The molecule has 1 unspecified atom stereocenters. The Hall–Kier alpha value is -0.310. The van der Waals surface area contributed by atoms with Gasteiger partial charge in [-0.05, 0) is 33.0 Å². The molecule has 14 heavy (non-hydrogen) atoms. The molecule has 1 heterocycles. The monoisotopic (exact) mass is 215 g/mol. The normalized spacial score (nSPS) is 32.0. The summed E-state index contributed by atoms with van der Waals surface area (Å²) in [7, 11) is 0. The van der Waals surface area contributed by atoms with Crippen LogP contribution in [0.1, 0.15) is 48.0 Å². The average molecular weight is 215 g/mol. The molecule has 0 aromatic rings. The molecule has 1 aliphatic heterocycles. The van der Waals surface area contributed by atoms with E-state index < -0.39 is 0 Å². The van der Waals surface area contributed by atoms with E-state index in [4.69, 9.17) is 17.0 Å². The van der Waals surface area contributed by atoms with Crippen molar-refractivity contribution in [2.45, 2.75) is 59.1 Å². The zero-order valence-electron chi connectivity index (χ0n) is 10.0. The fourth-order valence-electron chi connectivity index (χ4n) is 1.85. The molecule has 82 valence electrons. The Bertz CT molecular complexity index is 255. The Balaban J connectivity index is 2.96. The summed E-state index contributed by atoms with van der Waals surface area (Å²) < 4.78 is 5.79. The molecule has 0 aromatic heterocycles. The number of hydrogen-bond donors (Lipinski definition) is 1. The summed E-state index contributed by atoms with van der Waals surface area (Å²) in [6, 6.07) is 0. The van der Waals surface area contributed by atoms with E-state index >= 15 is 0 Å². The SMILES string of the molecule is CC1(C)CC(C)(C(C)(C)C)OC(=S)N1. The molecular formula is C11H21NOS. The molecule has 0 aliphatic carbocycles. The van der Waals surface area contributed by atoms with Crippen molar-refractivity contribution in [1.82, 2.24) is 5.32 Å². The Kier molecular flexibility index (Phi) is 2.60. The quantitative estimate of drug-likeness (QED) is 0.628. The maximum Gasteiger partial charge on any atom is 0.257 e. The van der Waals surface area contributed by atoms with E-state index in [-0.39, 0.29) is 16.6 Å². The molecule has 1 rings (SSSR count). The van der Waals surface area contributed by atoms with Crippen molar-refractivity contribution in [3.8, 4) is 0 Å². The number of nitrogens with one attached hydrogen (secondary N) is 1. The van der Waals surface area contributed by atoms with Gasteiger partial charge in [-0.1, -0.05) is 20.8 Å². The van der Waals surface area contributed by atoms with E-state index in [1.165, 1.54) is 0 Å². The van der Waals surface area contributed by atoms with Crippen LogP contribution < -0.4 is 5.32 Å². The molecule has 1 saturated heterocycles. The smallest absolute Gasteiger partial charge is 0.257 e. The zero-order chi connectivity index (χ0) is 11.2. The van der Waals surface area contributed by atoms with Crippen LogP contribution in [0.25, 0.3) is 0 Å². The van der Waals surface area contributed by atoms with Gasteiger partial charge in [0.05, 0.1) is 0 Å². The van der Waals surface area contributed by atoms with Gasteiger partial charge in [0.25, 0.3) is 5.17 Å². The van der Waals surface area contributed by atoms with Crippen LogP contribution in [0.5, 0.6) is 0 Å². The van der Waals surface area contributed by atoms with Crippen LogP contribution in [0.2, 0.25) is 0 Å². The van der Waals surface area contributed by atoms with Gasteiger partial charge in [0.1, 0.15) is 5.60 Å². The third-order valence-corrected chi connectivity index (χ3v) is 3.31. The minimum Gasteiger partial charge on any atom is -0.464 e. The molecular weight excluding hydrogens is 194 g/mol. The molecule has 1 N–H and O–H groups in total. The molecule has 0 bridgehead atoms. The zero-order valence-corrected chi connectivity index (χ0v) is 10.8. The molecule has 2 nitrogen and oxygen atoms in total. The lowest BCUT2D eigenvalue weighted by Crippen LogP contribution is -2.61. The minimum absolute atomic E-state index is 0.0252. The van der Waals surface area contributed by atoms with Gasteiger partial charge < -0.3 is 10.1 Å². The van der Waals surface area contributed by atoms with Crippen molar-refractivity contribution in [3.05, 3.63) is 0 Å². The molecule has 0 aromatic carbocycles. The van der Waals surface area contributed by atoms with Crippen LogP contribution in [0.4, 0.5) is 0 Å². The van der Waals surface area contributed by atoms with E-state index in [1.807, 2.05) is 0 Å². The second kappa shape index (κ2) is 3.09. The summed E-state index contributed by atoms with van der Waals surface area (Å²) in [5.74, 6) is 0. The van der Waals surface area contributed by atoms with Crippen molar-refractivity contribution in [2.24, 2.45) is 5.41 Å². The maximum atomic E-state index is 5.79. The predicted molar refractivity (Wildman–Crippen MR) is 63.4 cm³/mol. The van der Waals surface area contributed by atoms with E-state index in [0.29, 0.717) is 5.17 Å². The number of hydrogen-bond acceptors (Lipinski definition) is 2. The lowest BCUT2D eigenvalue weighted by atomic mass is 9.71. The van der Waals surface area contributed by atoms with Crippen LogP contribution in [-0.4, -0.2) is 16.3 Å². The van der Waals surface area contributed by atoms with E-state index in [0.717, 1.165) is 6.42 Å². The van der Waals surface area contributed by atoms with Crippen LogP contribution in [0.15, 0.2) is 0 Å². The Morgan fingerprint density at radius 3 is 2.14 bits per heavy atom. The predicted octanol–water partition coefficient (Wildman–Crippen LogP) is 2.86. The van der Waals surface area contributed by atoms with E-state index in [2.05, 4.69) is 46.9 Å². The van der Waals surface area contributed by atoms with Gasteiger partial charge >= 0.3 is 0 Å². The van der Waals surface area contributed by atoms with Gasteiger partial charge in [-0.15, -0.1) is 0 Å². The summed E-state index contributed by atoms with van der Waals surface area (Å²) in [6.07, 6.45) is 0.962. The second-order valence-corrected chi connectivity index (χ2v) is 6.43. The van der Waals surface area contributed by atoms with Crippen LogP contribution in [-0.2, 0) is 4.74 Å². The van der Waals surface area contributed by atoms with Crippen molar-refractivity contribution in [3.63, 3.8) is 0 Å². The number of ether oxygens (including phenoxy) is 1. The summed E-state index contributed by atoms with van der Waals surface area (Å²) in [4.78, 5) is 0.